The van der Waals surface area contributed by atoms with Crippen molar-refractivity contribution in [3.63, 3.8) is 0 Å². The second kappa shape index (κ2) is 18.6. The van der Waals surface area contributed by atoms with E-state index in [0.29, 0.717) is 12.8 Å². The molecule has 0 aromatic carbocycles. The first kappa shape index (κ1) is 23.2. The van der Waals surface area contributed by atoms with Crippen molar-refractivity contribution in [3.8, 4) is 0 Å². The molecule has 0 aromatic heterocycles. The lowest BCUT2D eigenvalue weighted by atomic mass is 10.2. The van der Waals surface area contributed by atoms with Gasteiger partial charge >= 0.3 is 0 Å². The van der Waals surface area contributed by atoms with Gasteiger partial charge in [0.2, 0.25) is 0 Å². The quantitative estimate of drug-likeness (QED) is 0.0952. The van der Waals surface area contributed by atoms with Crippen LogP contribution in [0.2, 0.25) is 0 Å². The molecule has 0 aliphatic carbocycles. The van der Waals surface area contributed by atoms with E-state index in [1.807, 2.05) is 36.5 Å². The molecule has 0 spiro atoms. The number of nitrogens with zero attached hydrogens (tertiary/aromatic N) is 1. The van der Waals surface area contributed by atoms with Crippen molar-refractivity contribution in [2.75, 3.05) is 0 Å². The zero-order valence-electron chi connectivity index (χ0n) is 15.5. The lowest BCUT2D eigenvalue weighted by Crippen LogP contribution is -1.94. The Morgan fingerprint density at radius 3 is 2.15 bits per heavy atom. The van der Waals surface area contributed by atoms with Gasteiger partial charge in [-0.1, -0.05) is 73.8 Å². The highest BCUT2D eigenvalue weighted by Crippen LogP contribution is 2.01. The van der Waals surface area contributed by atoms with E-state index in [4.69, 9.17) is 0 Å². The van der Waals surface area contributed by atoms with Crippen LogP contribution in [0.15, 0.2) is 84.7 Å². The fourth-order valence-electron chi connectivity index (χ4n) is 1.81. The molecule has 0 amide bonds. The number of aldehydes is 1. The first-order chi connectivity index (χ1) is 12.7. The molecule has 0 aromatic rings. The number of hydrogen-bond donors (Lipinski definition) is 0. The number of allylic oxidation sites excluding steroid dienone is 13. The SMILES string of the molecule is CC/C=C\C/C=C\C\C=C/C(=C\C=C/C=C\C/C=C\CCC=O)[N+](=O)[O-]. The van der Waals surface area contributed by atoms with Gasteiger partial charge in [-0.25, -0.2) is 0 Å². The molecule has 0 rings (SSSR count). The highest BCUT2D eigenvalue weighted by molar-refractivity contribution is 5.49. The Balaban J connectivity index is 4.28. The van der Waals surface area contributed by atoms with Gasteiger partial charge in [0.1, 0.15) is 6.29 Å². The van der Waals surface area contributed by atoms with Gasteiger partial charge in [0, 0.05) is 18.6 Å². The van der Waals surface area contributed by atoms with E-state index in [9.17, 15) is 14.9 Å². The Morgan fingerprint density at radius 2 is 1.46 bits per heavy atom. The molecule has 0 heterocycles. The maximum atomic E-state index is 11.0. The van der Waals surface area contributed by atoms with Crippen LogP contribution < -0.4 is 0 Å². The lowest BCUT2D eigenvalue weighted by molar-refractivity contribution is -0.419. The van der Waals surface area contributed by atoms with Gasteiger partial charge in [-0.15, -0.1) is 0 Å². The summed E-state index contributed by atoms with van der Waals surface area (Å²) in [6, 6.07) is 0. The molecule has 0 N–H and O–H groups in total. The Kier molecular flexibility index (Phi) is 16.6. The number of carbonyl (C=O) groups is 1. The van der Waals surface area contributed by atoms with Gasteiger partial charge in [0.05, 0.1) is 4.92 Å². The summed E-state index contributed by atoms with van der Waals surface area (Å²) in [5.41, 5.74) is 0.0580. The summed E-state index contributed by atoms with van der Waals surface area (Å²) in [7, 11) is 0. The number of rotatable bonds is 14. The summed E-state index contributed by atoms with van der Waals surface area (Å²) in [5, 5.41) is 11.0. The van der Waals surface area contributed by atoms with Gasteiger partial charge in [0.15, 0.2) is 0 Å². The summed E-state index contributed by atoms with van der Waals surface area (Å²) >= 11 is 0. The van der Waals surface area contributed by atoms with E-state index >= 15 is 0 Å². The highest BCUT2D eigenvalue weighted by atomic mass is 16.6. The summed E-state index contributed by atoms with van der Waals surface area (Å²) in [6.45, 7) is 2.09. The Labute approximate surface area is 156 Å². The predicted molar refractivity (Wildman–Crippen MR) is 109 cm³/mol. The molecule has 4 nitrogen and oxygen atoms in total. The first-order valence-electron chi connectivity index (χ1n) is 8.95. The Morgan fingerprint density at radius 1 is 0.808 bits per heavy atom. The average Bonchev–Trinajstić information content (AvgIpc) is 2.63. The number of hydrogen-bond acceptors (Lipinski definition) is 3. The van der Waals surface area contributed by atoms with Crippen LogP contribution in [-0.2, 0) is 4.79 Å². The minimum atomic E-state index is -0.395. The average molecular weight is 355 g/mol. The van der Waals surface area contributed by atoms with E-state index in [0.717, 1.165) is 32.0 Å². The van der Waals surface area contributed by atoms with Crippen LogP contribution in [-0.4, -0.2) is 11.2 Å². The largest absolute Gasteiger partial charge is 0.303 e. The zero-order valence-corrected chi connectivity index (χ0v) is 15.5. The monoisotopic (exact) mass is 355 g/mol. The molecule has 0 aliphatic rings. The smallest absolute Gasteiger partial charge is 0.269 e. The molecule has 0 atom stereocenters. The van der Waals surface area contributed by atoms with Crippen LogP contribution in [0.3, 0.4) is 0 Å². The van der Waals surface area contributed by atoms with Gasteiger partial charge in [-0.05, 0) is 32.1 Å². The minimum absolute atomic E-state index is 0.0580. The fourth-order valence-corrected chi connectivity index (χ4v) is 1.81. The van der Waals surface area contributed by atoms with Crippen LogP contribution in [0.25, 0.3) is 0 Å². The van der Waals surface area contributed by atoms with Crippen molar-refractivity contribution in [3.05, 3.63) is 94.8 Å². The van der Waals surface area contributed by atoms with E-state index < -0.39 is 4.92 Å². The van der Waals surface area contributed by atoms with Crippen LogP contribution in [0.4, 0.5) is 0 Å². The lowest BCUT2D eigenvalue weighted by Gasteiger charge is -1.89. The summed E-state index contributed by atoms with van der Waals surface area (Å²) in [4.78, 5) is 20.7. The summed E-state index contributed by atoms with van der Waals surface area (Å²) in [6.07, 6.45) is 29.8. The van der Waals surface area contributed by atoms with Crippen molar-refractivity contribution in [1.29, 1.82) is 0 Å². The maximum Gasteiger partial charge on any atom is 0.269 e. The van der Waals surface area contributed by atoms with Crippen LogP contribution in [0.5, 0.6) is 0 Å². The fraction of sp³-hybridized carbons (Fsp3) is 0.318. The molecule has 0 saturated carbocycles. The van der Waals surface area contributed by atoms with Gasteiger partial charge in [0.25, 0.3) is 5.70 Å². The Bertz CT molecular complexity index is 591. The molecule has 0 fully saturated rings. The molecule has 140 valence electrons. The third kappa shape index (κ3) is 16.1. The molecular weight excluding hydrogens is 326 g/mol. The zero-order chi connectivity index (χ0) is 19.3. The molecule has 26 heavy (non-hydrogen) atoms. The third-order valence-corrected chi connectivity index (χ3v) is 3.13. The van der Waals surface area contributed by atoms with E-state index in [2.05, 4.69) is 19.1 Å². The molecule has 0 unspecified atom stereocenters. The Hall–Kier alpha value is -2.75. The molecule has 0 radical (unpaired) electrons. The van der Waals surface area contributed by atoms with E-state index in [1.54, 1.807) is 18.2 Å². The second-order valence-corrected chi connectivity index (χ2v) is 5.34. The van der Waals surface area contributed by atoms with Crippen molar-refractivity contribution in [2.45, 2.75) is 45.4 Å². The number of unbranched alkanes of at least 4 members (excludes halogenated alkanes) is 1. The van der Waals surface area contributed by atoms with Crippen molar-refractivity contribution in [1.82, 2.24) is 0 Å². The molecule has 0 aliphatic heterocycles. The molecule has 4 heteroatoms. The molecule has 0 saturated heterocycles. The summed E-state index contributed by atoms with van der Waals surface area (Å²) < 4.78 is 0. The number of nitro groups is 1. The second-order valence-electron chi connectivity index (χ2n) is 5.34. The molecule has 0 bridgehead atoms. The topological polar surface area (TPSA) is 60.2 Å². The van der Waals surface area contributed by atoms with E-state index in [-0.39, 0.29) is 5.70 Å². The van der Waals surface area contributed by atoms with Crippen LogP contribution >= 0.6 is 0 Å². The first-order valence-corrected chi connectivity index (χ1v) is 8.95. The van der Waals surface area contributed by atoms with Crippen LogP contribution in [0, 0.1) is 10.1 Å². The predicted octanol–water partition coefficient (Wildman–Crippen LogP) is 6.04. The van der Waals surface area contributed by atoms with Gasteiger partial charge in [-0.3, -0.25) is 10.1 Å². The van der Waals surface area contributed by atoms with Gasteiger partial charge < -0.3 is 4.79 Å². The normalized spacial score (nSPS) is 13.5. The van der Waals surface area contributed by atoms with Crippen molar-refractivity contribution in [2.24, 2.45) is 0 Å². The highest BCUT2D eigenvalue weighted by Gasteiger charge is 2.02. The van der Waals surface area contributed by atoms with Crippen LogP contribution in [0.1, 0.15) is 45.4 Å². The maximum absolute atomic E-state index is 11.0. The van der Waals surface area contributed by atoms with Crippen molar-refractivity contribution >= 4 is 6.29 Å². The molecular formula is C22H29NO3. The van der Waals surface area contributed by atoms with E-state index in [1.165, 1.54) is 12.2 Å². The minimum Gasteiger partial charge on any atom is -0.303 e. The van der Waals surface area contributed by atoms with Crippen molar-refractivity contribution < 1.29 is 9.72 Å². The third-order valence-electron chi connectivity index (χ3n) is 3.13. The summed E-state index contributed by atoms with van der Waals surface area (Å²) in [5.74, 6) is 0. The standard InChI is InChI=1S/C22H29NO3/c1-2-3-4-5-6-10-13-16-19-22(23(25)26)20-17-14-11-8-7-9-12-15-18-21-24/h3-4,6,8-12,14,16-17,19-21H,2,5,7,13,15,18H2,1H3/b4-3-,10-6-,11-8-,12-9-,17-14-,19-16-,22-20+. The number of carbonyl (C=O) groups excluding carboxylic acids is 1. The van der Waals surface area contributed by atoms with Gasteiger partial charge in [-0.2, -0.15) is 0 Å².